The number of pyridine rings is 2. The molecule has 4 nitrogen and oxygen atoms in total. The predicted molar refractivity (Wildman–Crippen MR) is 255 cm³/mol. The monoisotopic (exact) mass is 782 g/mol. The summed E-state index contributed by atoms with van der Waals surface area (Å²) < 4.78 is 0. The molecular formula is C57H42N4. The normalized spacial score (nSPS) is 12.6. The second-order valence-corrected chi connectivity index (χ2v) is 16.2. The summed E-state index contributed by atoms with van der Waals surface area (Å²) in [5.41, 5.74) is 13.9. The third-order valence-corrected chi connectivity index (χ3v) is 12.3. The van der Waals surface area contributed by atoms with Gasteiger partial charge in [-0.05, 0) is 105 Å². The lowest BCUT2D eigenvalue weighted by Gasteiger charge is -2.32. The van der Waals surface area contributed by atoms with Crippen LogP contribution in [0.3, 0.4) is 0 Å². The molecule has 0 atom stereocenters. The molecule has 0 spiro atoms. The molecule has 0 N–H and O–H groups in total. The van der Waals surface area contributed by atoms with Crippen LogP contribution < -0.4 is 9.80 Å². The van der Waals surface area contributed by atoms with Gasteiger partial charge in [-0.25, -0.2) is 9.97 Å². The van der Waals surface area contributed by atoms with Crippen molar-refractivity contribution in [2.75, 3.05) is 9.80 Å². The van der Waals surface area contributed by atoms with Crippen molar-refractivity contribution in [3.63, 3.8) is 0 Å². The summed E-state index contributed by atoms with van der Waals surface area (Å²) in [6.45, 7) is 4.72. The fraction of sp³-hybridized carbons (Fsp3) is 0.0526. The highest BCUT2D eigenvalue weighted by molar-refractivity contribution is 6.24. The van der Waals surface area contributed by atoms with Gasteiger partial charge in [0.15, 0.2) is 0 Å². The molecule has 0 saturated carbocycles. The molecule has 0 amide bonds. The molecule has 0 bridgehead atoms. The minimum atomic E-state index is -0.218. The quantitative estimate of drug-likeness (QED) is 0.113. The van der Waals surface area contributed by atoms with Gasteiger partial charge in [0.1, 0.15) is 11.6 Å². The van der Waals surface area contributed by atoms with Crippen LogP contribution in [0.25, 0.3) is 54.9 Å². The standard InChI is InChI=1S/C57H42N4/c1-57(2)51-24-12-11-21-45(51)48-37-49-50(38-52(48)57)56(61(54-26-14-16-36-59-54)44-33-29-42(30-34-44)40-19-7-4-8-20-40)47-23-10-9-22-46(47)55(49)60(53-25-13-15-35-58-53)43-31-27-41(28-32-43)39-17-5-3-6-18-39/h3-38H,1-2H3. The van der Waals surface area contributed by atoms with Crippen molar-refractivity contribution in [2.45, 2.75) is 19.3 Å². The average molecular weight is 783 g/mol. The first-order valence-electron chi connectivity index (χ1n) is 20.9. The maximum Gasteiger partial charge on any atom is 0.137 e. The van der Waals surface area contributed by atoms with Crippen molar-refractivity contribution >= 4 is 55.9 Å². The maximum absolute atomic E-state index is 5.05. The van der Waals surface area contributed by atoms with E-state index in [1.165, 1.54) is 33.4 Å². The largest absolute Gasteiger partial charge is 0.294 e. The Labute approximate surface area is 356 Å². The van der Waals surface area contributed by atoms with E-state index in [9.17, 15) is 0 Å². The second-order valence-electron chi connectivity index (χ2n) is 16.2. The van der Waals surface area contributed by atoms with E-state index < -0.39 is 0 Å². The van der Waals surface area contributed by atoms with Crippen molar-refractivity contribution in [1.82, 2.24) is 9.97 Å². The molecular weight excluding hydrogens is 741 g/mol. The first-order valence-corrected chi connectivity index (χ1v) is 20.9. The van der Waals surface area contributed by atoms with E-state index in [0.717, 1.165) is 67.1 Å². The summed E-state index contributed by atoms with van der Waals surface area (Å²) in [5.74, 6) is 1.68. The Bertz CT molecular complexity index is 3180. The lowest BCUT2D eigenvalue weighted by Crippen LogP contribution is -2.17. The van der Waals surface area contributed by atoms with Gasteiger partial charge in [-0.2, -0.15) is 0 Å². The molecule has 0 unspecified atom stereocenters. The van der Waals surface area contributed by atoms with Crippen LogP contribution in [0, 0.1) is 0 Å². The summed E-state index contributed by atoms with van der Waals surface area (Å²) in [7, 11) is 0. The topological polar surface area (TPSA) is 32.3 Å². The van der Waals surface area contributed by atoms with Crippen LogP contribution in [0.4, 0.5) is 34.4 Å². The van der Waals surface area contributed by atoms with Crippen LogP contribution in [-0.4, -0.2) is 9.97 Å². The molecule has 4 heteroatoms. The number of benzene rings is 8. The Morgan fingerprint density at radius 1 is 0.344 bits per heavy atom. The molecule has 0 saturated heterocycles. The van der Waals surface area contributed by atoms with Crippen molar-refractivity contribution in [2.24, 2.45) is 0 Å². The van der Waals surface area contributed by atoms with Crippen molar-refractivity contribution < 1.29 is 0 Å². The van der Waals surface area contributed by atoms with E-state index in [1.54, 1.807) is 0 Å². The number of fused-ring (bicyclic) bond motifs is 5. The van der Waals surface area contributed by atoms with Gasteiger partial charge in [-0.15, -0.1) is 0 Å². The number of anilines is 6. The molecule has 8 aromatic carbocycles. The van der Waals surface area contributed by atoms with Crippen LogP contribution in [0.15, 0.2) is 219 Å². The third-order valence-electron chi connectivity index (χ3n) is 12.3. The van der Waals surface area contributed by atoms with Crippen LogP contribution in [0.1, 0.15) is 25.0 Å². The molecule has 290 valence electrons. The summed E-state index contributed by atoms with van der Waals surface area (Å²) in [6.07, 6.45) is 3.77. The Kier molecular flexibility index (Phi) is 8.79. The molecule has 0 aliphatic heterocycles. The predicted octanol–water partition coefficient (Wildman–Crippen LogP) is 15.4. The molecule has 0 fully saturated rings. The Morgan fingerprint density at radius 3 is 1.26 bits per heavy atom. The summed E-state index contributed by atoms with van der Waals surface area (Å²) in [4.78, 5) is 14.8. The third kappa shape index (κ3) is 6.15. The van der Waals surface area contributed by atoms with Gasteiger partial charge in [-0.1, -0.05) is 159 Å². The summed E-state index contributed by atoms with van der Waals surface area (Å²) >= 11 is 0. The van der Waals surface area contributed by atoms with Crippen LogP contribution in [0.2, 0.25) is 0 Å². The summed E-state index contributed by atoms with van der Waals surface area (Å²) in [5, 5.41) is 4.47. The molecule has 1 aliphatic rings. The molecule has 10 aromatic rings. The molecule has 61 heavy (non-hydrogen) atoms. The Hall–Kier alpha value is -7.82. The molecule has 1 aliphatic carbocycles. The van der Waals surface area contributed by atoms with Crippen molar-refractivity contribution in [3.8, 4) is 33.4 Å². The lowest BCUT2D eigenvalue weighted by atomic mass is 9.81. The molecule has 11 rings (SSSR count). The fourth-order valence-corrected chi connectivity index (χ4v) is 9.40. The maximum atomic E-state index is 5.05. The first-order chi connectivity index (χ1) is 30.0. The van der Waals surface area contributed by atoms with E-state index in [4.69, 9.17) is 9.97 Å². The Balaban J connectivity index is 1.24. The van der Waals surface area contributed by atoms with Crippen LogP contribution >= 0.6 is 0 Å². The number of rotatable bonds is 8. The van der Waals surface area contributed by atoms with Gasteiger partial charge >= 0.3 is 0 Å². The van der Waals surface area contributed by atoms with Gasteiger partial charge in [0.25, 0.3) is 0 Å². The van der Waals surface area contributed by atoms with Gasteiger partial charge in [0.2, 0.25) is 0 Å². The van der Waals surface area contributed by atoms with Crippen LogP contribution in [0.5, 0.6) is 0 Å². The minimum Gasteiger partial charge on any atom is -0.294 e. The van der Waals surface area contributed by atoms with Gasteiger partial charge in [0, 0.05) is 50.7 Å². The van der Waals surface area contributed by atoms with E-state index in [0.29, 0.717) is 0 Å². The number of aromatic nitrogens is 2. The SMILES string of the molecule is CC1(C)c2ccccc2-c2cc3c(N(c4ccc(-c5ccccc5)cc4)c4ccccn4)c4ccccc4c(N(c4ccc(-c5ccccc5)cc4)c4ccccn4)c3cc21. The first kappa shape index (κ1) is 36.3. The van der Waals surface area contributed by atoms with E-state index in [2.05, 4.69) is 218 Å². The number of hydrogen-bond acceptors (Lipinski definition) is 4. The number of nitrogens with zero attached hydrogens (tertiary/aromatic N) is 4. The molecule has 2 heterocycles. The second kappa shape index (κ2) is 14.8. The zero-order valence-electron chi connectivity index (χ0n) is 34.1. The van der Waals surface area contributed by atoms with E-state index in [-0.39, 0.29) is 5.41 Å². The van der Waals surface area contributed by atoms with E-state index in [1.807, 2.05) is 24.5 Å². The van der Waals surface area contributed by atoms with Gasteiger partial charge in [-0.3, -0.25) is 9.80 Å². The minimum absolute atomic E-state index is 0.218. The van der Waals surface area contributed by atoms with E-state index >= 15 is 0 Å². The summed E-state index contributed by atoms with van der Waals surface area (Å²) in [6, 6.07) is 73.9. The average Bonchev–Trinajstić information content (AvgIpc) is 3.55. The zero-order chi connectivity index (χ0) is 40.9. The fourth-order valence-electron chi connectivity index (χ4n) is 9.40. The molecule has 2 aromatic heterocycles. The highest BCUT2D eigenvalue weighted by atomic mass is 15.2. The van der Waals surface area contributed by atoms with Gasteiger partial charge < -0.3 is 0 Å². The number of hydrogen-bond donors (Lipinski definition) is 0. The van der Waals surface area contributed by atoms with Crippen molar-refractivity contribution in [1.29, 1.82) is 0 Å². The van der Waals surface area contributed by atoms with Crippen molar-refractivity contribution in [3.05, 3.63) is 230 Å². The van der Waals surface area contributed by atoms with Gasteiger partial charge in [0.05, 0.1) is 11.4 Å². The smallest absolute Gasteiger partial charge is 0.137 e. The highest BCUT2D eigenvalue weighted by Gasteiger charge is 2.37. The Morgan fingerprint density at radius 2 is 0.770 bits per heavy atom. The zero-order valence-corrected chi connectivity index (χ0v) is 34.1. The molecule has 0 radical (unpaired) electrons. The van der Waals surface area contributed by atoms with Crippen LogP contribution in [-0.2, 0) is 5.41 Å². The lowest BCUT2D eigenvalue weighted by molar-refractivity contribution is 0.661. The highest BCUT2D eigenvalue weighted by Crippen LogP contribution is 2.56.